The van der Waals surface area contributed by atoms with Crippen LogP contribution in [0.25, 0.3) is 0 Å². The standard InChI is InChI=1S/C19H20ClNO3/c1-19(2,3)14-9-7-13(8-10-14)18(23)24-12-17(22)21-16-6-4-5-15(20)11-16/h4-11H,12H2,1-3H3,(H,21,22). The van der Waals surface area contributed by atoms with Gasteiger partial charge in [-0.25, -0.2) is 4.79 Å². The molecular weight excluding hydrogens is 326 g/mol. The van der Waals surface area contributed by atoms with E-state index in [1.807, 2.05) is 12.1 Å². The van der Waals surface area contributed by atoms with E-state index in [2.05, 4.69) is 26.1 Å². The highest BCUT2D eigenvalue weighted by Gasteiger charge is 2.15. The predicted octanol–water partition coefficient (Wildman–Crippen LogP) is 4.43. The minimum atomic E-state index is -0.531. The van der Waals surface area contributed by atoms with E-state index >= 15 is 0 Å². The Labute approximate surface area is 146 Å². The summed E-state index contributed by atoms with van der Waals surface area (Å²) in [5, 5.41) is 3.14. The average molecular weight is 346 g/mol. The van der Waals surface area contributed by atoms with E-state index in [1.54, 1.807) is 36.4 Å². The van der Waals surface area contributed by atoms with Gasteiger partial charge in [0.1, 0.15) is 0 Å². The molecule has 0 fully saturated rings. The van der Waals surface area contributed by atoms with Gasteiger partial charge in [0, 0.05) is 10.7 Å². The smallest absolute Gasteiger partial charge is 0.338 e. The molecule has 0 aliphatic rings. The van der Waals surface area contributed by atoms with Crippen LogP contribution in [0.15, 0.2) is 48.5 Å². The van der Waals surface area contributed by atoms with Gasteiger partial charge in [-0.15, -0.1) is 0 Å². The third-order valence-electron chi connectivity index (χ3n) is 3.43. The van der Waals surface area contributed by atoms with Crippen LogP contribution in [-0.2, 0) is 14.9 Å². The summed E-state index contributed by atoms with van der Waals surface area (Å²) in [6.45, 7) is 5.94. The van der Waals surface area contributed by atoms with Crippen molar-refractivity contribution >= 4 is 29.2 Å². The van der Waals surface area contributed by atoms with Crippen LogP contribution in [0.1, 0.15) is 36.7 Å². The highest BCUT2D eigenvalue weighted by atomic mass is 35.5. The fraction of sp³-hybridized carbons (Fsp3) is 0.263. The van der Waals surface area contributed by atoms with Crippen LogP contribution in [0.2, 0.25) is 5.02 Å². The minimum absolute atomic E-state index is 0.0132. The summed E-state index contributed by atoms with van der Waals surface area (Å²) in [5.74, 6) is -0.950. The molecule has 0 aliphatic heterocycles. The Bertz CT molecular complexity index is 733. The van der Waals surface area contributed by atoms with Gasteiger partial charge in [-0.05, 0) is 41.3 Å². The minimum Gasteiger partial charge on any atom is -0.452 e. The van der Waals surface area contributed by atoms with Crippen LogP contribution in [0, 0.1) is 0 Å². The number of rotatable bonds is 4. The number of hydrogen-bond acceptors (Lipinski definition) is 3. The molecule has 4 nitrogen and oxygen atoms in total. The quantitative estimate of drug-likeness (QED) is 0.834. The maximum atomic E-state index is 12.0. The number of nitrogens with one attached hydrogen (secondary N) is 1. The van der Waals surface area contributed by atoms with Gasteiger partial charge < -0.3 is 10.1 Å². The van der Waals surface area contributed by atoms with Crippen LogP contribution in [-0.4, -0.2) is 18.5 Å². The van der Waals surface area contributed by atoms with E-state index in [9.17, 15) is 9.59 Å². The molecule has 0 saturated heterocycles. The van der Waals surface area contributed by atoms with Gasteiger partial charge in [-0.1, -0.05) is 50.6 Å². The summed E-state index contributed by atoms with van der Waals surface area (Å²) in [5.41, 5.74) is 2.11. The van der Waals surface area contributed by atoms with Gasteiger partial charge in [-0.2, -0.15) is 0 Å². The molecule has 0 heterocycles. The predicted molar refractivity (Wildman–Crippen MR) is 95.5 cm³/mol. The molecule has 126 valence electrons. The van der Waals surface area contributed by atoms with Crippen molar-refractivity contribution in [2.75, 3.05) is 11.9 Å². The molecule has 0 aromatic heterocycles. The molecule has 1 N–H and O–H groups in total. The van der Waals surface area contributed by atoms with Crippen molar-refractivity contribution in [3.05, 3.63) is 64.7 Å². The van der Waals surface area contributed by atoms with E-state index in [-0.39, 0.29) is 12.0 Å². The van der Waals surface area contributed by atoms with E-state index < -0.39 is 11.9 Å². The van der Waals surface area contributed by atoms with E-state index in [0.717, 1.165) is 5.56 Å². The molecule has 0 bridgehead atoms. The molecule has 0 saturated carbocycles. The van der Waals surface area contributed by atoms with Crippen molar-refractivity contribution in [2.24, 2.45) is 0 Å². The first-order valence-corrected chi connectivity index (χ1v) is 7.96. The zero-order valence-corrected chi connectivity index (χ0v) is 14.7. The highest BCUT2D eigenvalue weighted by molar-refractivity contribution is 6.30. The third kappa shape index (κ3) is 5.10. The zero-order chi connectivity index (χ0) is 17.7. The lowest BCUT2D eigenvalue weighted by molar-refractivity contribution is -0.119. The number of benzene rings is 2. The number of esters is 1. The molecule has 0 spiro atoms. The summed E-state index contributed by atoms with van der Waals surface area (Å²) < 4.78 is 5.03. The molecule has 24 heavy (non-hydrogen) atoms. The Balaban J connectivity index is 1.89. The largest absolute Gasteiger partial charge is 0.452 e. The van der Waals surface area contributed by atoms with Gasteiger partial charge in [0.05, 0.1) is 5.56 Å². The Hall–Kier alpha value is -2.33. The first kappa shape index (κ1) is 18.0. The van der Waals surface area contributed by atoms with E-state index in [1.165, 1.54) is 0 Å². The Morgan fingerprint density at radius 3 is 2.33 bits per heavy atom. The van der Waals surface area contributed by atoms with Crippen molar-refractivity contribution in [1.29, 1.82) is 0 Å². The lowest BCUT2D eigenvalue weighted by atomic mass is 9.87. The normalized spacial score (nSPS) is 11.0. The number of anilines is 1. The van der Waals surface area contributed by atoms with Gasteiger partial charge in [0.15, 0.2) is 6.61 Å². The maximum absolute atomic E-state index is 12.0. The van der Waals surface area contributed by atoms with Crippen LogP contribution in [0.5, 0.6) is 0 Å². The monoisotopic (exact) mass is 345 g/mol. The average Bonchev–Trinajstić information content (AvgIpc) is 2.52. The van der Waals surface area contributed by atoms with Crippen molar-refractivity contribution < 1.29 is 14.3 Å². The molecule has 0 radical (unpaired) electrons. The Morgan fingerprint density at radius 2 is 1.75 bits per heavy atom. The van der Waals surface area contributed by atoms with E-state index in [4.69, 9.17) is 16.3 Å². The molecule has 0 unspecified atom stereocenters. The first-order valence-electron chi connectivity index (χ1n) is 7.59. The SMILES string of the molecule is CC(C)(C)c1ccc(C(=O)OCC(=O)Nc2cccc(Cl)c2)cc1. The lowest BCUT2D eigenvalue weighted by Crippen LogP contribution is -2.21. The summed E-state index contributed by atoms with van der Waals surface area (Å²) >= 11 is 5.84. The summed E-state index contributed by atoms with van der Waals surface area (Å²) in [7, 11) is 0. The Morgan fingerprint density at radius 1 is 1.08 bits per heavy atom. The maximum Gasteiger partial charge on any atom is 0.338 e. The van der Waals surface area contributed by atoms with E-state index in [0.29, 0.717) is 16.3 Å². The molecule has 2 aromatic rings. The first-order chi connectivity index (χ1) is 11.3. The number of halogens is 1. The van der Waals surface area contributed by atoms with Crippen LogP contribution < -0.4 is 5.32 Å². The van der Waals surface area contributed by atoms with Gasteiger partial charge in [0.25, 0.3) is 5.91 Å². The highest BCUT2D eigenvalue weighted by Crippen LogP contribution is 2.22. The number of amides is 1. The number of carbonyl (C=O) groups is 2. The molecular formula is C19H20ClNO3. The van der Waals surface area contributed by atoms with Crippen LogP contribution >= 0.6 is 11.6 Å². The third-order valence-corrected chi connectivity index (χ3v) is 3.66. The molecule has 0 atom stereocenters. The second kappa shape index (κ2) is 7.49. The molecule has 1 amide bonds. The fourth-order valence-corrected chi connectivity index (χ4v) is 2.27. The van der Waals surface area contributed by atoms with Crippen molar-refractivity contribution in [2.45, 2.75) is 26.2 Å². The topological polar surface area (TPSA) is 55.4 Å². The fourth-order valence-electron chi connectivity index (χ4n) is 2.08. The lowest BCUT2D eigenvalue weighted by Gasteiger charge is -2.18. The van der Waals surface area contributed by atoms with Gasteiger partial charge in [-0.3, -0.25) is 4.79 Å². The zero-order valence-electron chi connectivity index (χ0n) is 13.9. The molecule has 2 aromatic carbocycles. The molecule has 0 aliphatic carbocycles. The summed E-state index contributed by atoms with van der Waals surface area (Å²) in [6, 6.07) is 13.9. The van der Waals surface area contributed by atoms with Crippen molar-refractivity contribution in [1.82, 2.24) is 0 Å². The summed E-state index contributed by atoms with van der Waals surface area (Å²) in [4.78, 5) is 23.8. The molecule has 2 rings (SSSR count). The molecule has 5 heteroatoms. The van der Waals surface area contributed by atoms with Crippen molar-refractivity contribution in [3.63, 3.8) is 0 Å². The van der Waals surface area contributed by atoms with Gasteiger partial charge in [0.2, 0.25) is 0 Å². The van der Waals surface area contributed by atoms with Crippen LogP contribution in [0.3, 0.4) is 0 Å². The van der Waals surface area contributed by atoms with Crippen LogP contribution in [0.4, 0.5) is 5.69 Å². The van der Waals surface area contributed by atoms with Gasteiger partial charge >= 0.3 is 5.97 Å². The summed E-state index contributed by atoms with van der Waals surface area (Å²) in [6.07, 6.45) is 0. The number of carbonyl (C=O) groups excluding carboxylic acids is 2. The number of hydrogen-bond donors (Lipinski definition) is 1. The second-order valence-electron chi connectivity index (χ2n) is 6.46. The Kier molecular flexibility index (Phi) is 5.62. The number of ether oxygens (including phenoxy) is 1. The van der Waals surface area contributed by atoms with Crippen molar-refractivity contribution in [3.8, 4) is 0 Å². The second-order valence-corrected chi connectivity index (χ2v) is 6.90.